The summed E-state index contributed by atoms with van der Waals surface area (Å²) in [7, 11) is 0. The van der Waals surface area contributed by atoms with Crippen LogP contribution in [0, 0.1) is 0 Å². The number of hydrogen-bond donors (Lipinski definition) is 2. The summed E-state index contributed by atoms with van der Waals surface area (Å²) in [5, 5.41) is 3.08. The molecule has 0 bridgehead atoms. The molecule has 0 radical (unpaired) electrons. The van der Waals surface area contributed by atoms with Gasteiger partial charge in [0.05, 0.1) is 12.6 Å². The van der Waals surface area contributed by atoms with Crippen molar-refractivity contribution in [2.45, 2.75) is 25.5 Å². The largest absolute Gasteiger partial charge is 0.376 e. The number of ether oxygens (including phenoxy) is 1. The van der Waals surface area contributed by atoms with Crippen molar-refractivity contribution < 1.29 is 4.74 Å². The predicted octanol–water partition coefficient (Wildman–Crippen LogP) is 1.28. The lowest BCUT2D eigenvalue weighted by atomic mass is 10.2. The zero-order valence-corrected chi connectivity index (χ0v) is 12.5. The Hall–Kier alpha value is -0.890. The van der Waals surface area contributed by atoms with E-state index in [1.54, 1.807) is 12.4 Å². The van der Waals surface area contributed by atoms with Crippen LogP contribution in [0.15, 0.2) is 29.5 Å². The van der Waals surface area contributed by atoms with Gasteiger partial charge in [-0.3, -0.25) is 4.98 Å². The highest BCUT2D eigenvalue weighted by atomic mass is 127. The Morgan fingerprint density at radius 2 is 2.50 bits per heavy atom. The lowest BCUT2D eigenvalue weighted by molar-refractivity contribution is 0.114. The first-order chi connectivity index (χ1) is 8.34. The molecule has 0 saturated carbocycles. The Morgan fingerprint density at radius 1 is 1.61 bits per heavy atom. The average Bonchev–Trinajstić information content (AvgIpc) is 2.88. The van der Waals surface area contributed by atoms with Gasteiger partial charge in [-0.1, -0.05) is 6.07 Å². The van der Waals surface area contributed by atoms with Crippen LogP contribution in [0.3, 0.4) is 0 Å². The Morgan fingerprint density at radius 3 is 3.17 bits per heavy atom. The number of nitrogens with one attached hydrogen (secondary N) is 1. The van der Waals surface area contributed by atoms with E-state index in [2.05, 4.69) is 15.3 Å². The Balaban J connectivity index is 0.00000162. The van der Waals surface area contributed by atoms with Crippen LogP contribution < -0.4 is 11.1 Å². The van der Waals surface area contributed by atoms with Crippen LogP contribution in [0.5, 0.6) is 0 Å². The van der Waals surface area contributed by atoms with E-state index in [9.17, 15) is 0 Å². The molecule has 1 saturated heterocycles. The van der Waals surface area contributed by atoms with Crippen molar-refractivity contribution in [3.05, 3.63) is 30.1 Å². The number of halogens is 1. The second-order valence-electron chi connectivity index (χ2n) is 4.08. The third kappa shape index (κ3) is 5.18. The van der Waals surface area contributed by atoms with Gasteiger partial charge in [0.2, 0.25) is 0 Å². The van der Waals surface area contributed by atoms with Gasteiger partial charge in [-0.15, -0.1) is 24.0 Å². The van der Waals surface area contributed by atoms with Crippen LogP contribution in [0.25, 0.3) is 0 Å². The van der Waals surface area contributed by atoms with Crippen molar-refractivity contribution in [2.24, 2.45) is 10.7 Å². The number of rotatable bonds is 4. The highest BCUT2D eigenvalue weighted by molar-refractivity contribution is 14.0. The molecule has 6 heteroatoms. The predicted molar refractivity (Wildman–Crippen MR) is 82.0 cm³/mol. The van der Waals surface area contributed by atoms with Crippen LogP contribution in [0.1, 0.15) is 18.4 Å². The van der Waals surface area contributed by atoms with Gasteiger partial charge < -0.3 is 15.8 Å². The topological polar surface area (TPSA) is 72.5 Å². The van der Waals surface area contributed by atoms with E-state index in [0.717, 1.165) is 31.6 Å². The molecule has 1 aliphatic heterocycles. The van der Waals surface area contributed by atoms with Crippen LogP contribution in [-0.2, 0) is 11.3 Å². The second kappa shape index (κ2) is 8.25. The van der Waals surface area contributed by atoms with Crippen molar-refractivity contribution in [1.29, 1.82) is 0 Å². The summed E-state index contributed by atoms with van der Waals surface area (Å²) in [6, 6.07) is 3.87. The van der Waals surface area contributed by atoms with Crippen molar-refractivity contribution in [3.63, 3.8) is 0 Å². The minimum absolute atomic E-state index is 0. The third-order valence-corrected chi connectivity index (χ3v) is 2.69. The summed E-state index contributed by atoms with van der Waals surface area (Å²) >= 11 is 0. The van der Waals surface area contributed by atoms with Crippen LogP contribution in [-0.4, -0.2) is 30.2 Å². The fraction of sp³-hybridized carbons (Fsp3) is 0.500. The summed E-state index contributed by atoms with van der Waals surface area (Å²) in [5.41, 5.74) is 6.81. The lowest BCUT2D eigenvalue weighted by Gasteiger charge is -2.10. The Labute approximate surface area is 124 Å². The first kappa shape index (κ1) is 15.2. The van der Waals surface area contributed by atoms with Gasteiger partial charge in [0.25, 0.3) is 0 Å². The number of pyridine rings is 1. The van der Waals surface area contributed by atoms with Gasteiger partial charge in [-0.05, 0) is 24.5 Å². The van der Waals surface area contributed by atoms with Gasteiger partial charge in [0.1, 0.15) is 0 Å². The molecule has 1 unspecified atom stereocenters. The molecule has 2 rings (SSSR count). The summed E-state index contributed by atoms with van der Waals surface area (Å²) in [6.45, 7) is 2.15. The number of hydrogen-bond acceptors (Lipinski definition) is 3. The van der Waals surface area contributed by atoms with Crippen molar-refractivity contribution in [2.75, 3.05) is 13.2 Å². The fourth-order valence-corrected chi connectivity index (χ4v) is 1.75. The molecule has 0 aliphatic carbocycles. The molecular weight excluding hydrogens is 343 g/mol. The number of guanidine groups is 1. The molecular formula is C12H19IN4O. The molecule has 2 heterocycles. The first-order valence-electron chi connectivity index (χ1n) is 5.89. The third-order valence-electron chi connectivity index (χ3n) is 2.69. The van der Waals surface area contributed by atoms with Crippen molar-refractivity contribution >= 4 is 29.9 Å². The number of aromatic nitrogens is 1. The van der Waals surface area contributed by atoms with Crippen molar-refractivity contribution in [1.82, 2.24) is 10.3 Å². The maximum Gasteiger partial charge on any atom is 0.189 e. The Bertz CT molecular complexity index is 366. The van der Waals surface area contributed by atoms with E-state index in [1.165, 1.54) is 0 Å². The van der Waals surface area contributed by atoms with Gasteiger partial charge in [0.15, 0.2) is 5.96 Å². The Kier molecular flexibility index (Phi) is 6.96. The van der Waals surface area contributed by atoms with Gasteiger partial charge in [0, 0.05) is 25.5 Å². The first-order valence-corrected chi connectivity index (χ1v) is 5.89. The highest BCUT2D eigenvalue weighted by Crippen LogP contribution is 2.10. The van der Waals surface area contributed by atoms with E-state index in [0.29, 0.717) is 12.5 Å². The van der Waals surface area contributed by atoms with Gasteiger partial charge >= 0.3 is 0 Å². The van der Waals surface area contributed by atoms with E-state index in [4.69, 9.17) is 10.5 Å². The molecule has 18 heavy (non-hydrogen) atoms. The van der Waals surface area contributed by atoms with E-state index in [-0.39, 0.29) is 30.1 Å². The molecule has 1 aliphatic rings. The monoisotopic (exact) mass is 362 g/mol. The molecule has 3 N–H and O–H groups in total. The smallest absolute Gasteiger partial charge is 0.189 e. The molecule has 1 aromatic heterocycles. The maximum atomic E-state index is 5.76. The standard InChI is InChI=1S/C12H18N4O.HI/c13-12(16-9-11-4-2-6-17-11)15-8-10-3-1-5-14-7-10;/h1,3,5,7,11H,2,4,6,8-9H2,(H3,13,15,16);1H. The fourth-order valence-electron chi connectivity index (χ4n) is 1.75. The molecule has 0 spiro atoms. The van der Waals surface area contributed by atoms with E-state index in [1.807, 2.05) is 12.1 Å². The molecule has 100 valence electrons. The molecule has 1 aromatic rings. The van der Waals surface area contributed by atoms with E-state index >= 15 is 0 Å². The number of nitrogens with zero attached hydrogens (tertiary/aromatic N) is 2. The molecule has 1 fully saturated rings. The maximum absolute atomic E-state index is 5.76. The average molecular weight is 362 g/mol. The van der Waals surface area contributed by atoms with E-state index < -0.39 is 0 Å². The molecule has 0 amide bonds. The molecule has 1 atom stereocenters. The molecule has 0 aromatic carbocycles. The summed E-state index contributed by atoms with van der Waals surface area (Å²) in [5.74, 6) is 0.462. The van der Waals surface area contributed by atoms with Crippen LogP contribution in [0.4, 0.5) is 0 Å². The summed E-state index contributed by atoms with van der Waals surface area (Å²) in [4.78, 5) is 8.26. The van der Waals surface area contributed by atoms with Gasteiger partial charge in [-0.25, -0.2) is 4.99 Å². The van der Waals surface area contributed by atoms with Crippen LogP contribution in [0.2, 0.25) is 0 Å². The second-order valence-corrected chi connectivity index (χ2v) is 4.08. The summed E-state index contributed by atoms with van der Waals surface area (Å²) in [6.07, 6.45) is 6.05. The summed E-state index contributed by atoms with van der Waals surface area (Å²) < 4.78 is 5.48. The van der Waals surface area contributed by atoms with Crippen molar-refractivity contribution in [3.8, 4) is 0 Å². The van der Waals surface area contributed by atoms with Crippen LogP contribution >= 0.6 is 24.0 Å². The normalized spacial score (nSPS) is 19.3. The quantitative estimate of drug-likeness (QED) is 0.481. The zero-order valence-electron chi connectivity index (χ0n) is 10.2. The minimum atomic E-state index is 0. The molecule has 5 nitrogen and oxygen atoms in total. The highest BCUT2D eigenvalue weighted by Gasteiger charge is 2.14. The SMILES string of the molecule is I.NC(=NCc1cccnc1)NCC1CCCO1. The number of aliphatic imine (C=N–C) groups is 1. The zero-order chi connectivity index (χ0) is 11.9. The van der Waals surface area contributed by atoms with Gasteiger partial charge in [-0.2, -0.15) is 0 Å². The minimum Gasteiger partial charge on any atom is -0.376 e. The lowest BCUT2D eigenvalue weighted by Crippen LogP contribution is -2.37. The number of nitrogens with two attached hydrogens (primary N) is 1.